The van der Waals surface area contributed by atoms with Gasteiger partial charge in [-0.15, -0.1) is 0 Å². The monoisotopic (exact) mass is 212 g/mol. The third kappa shape index (κ3) is 1.08. The van der Waals surface area contributed by atoms with Gasteiger partial charge in [0.15, 0.2) is 0 Å². The zero-order valence-corrected chi connectivity index (χ0v) is 8.27. The van der Waals surface area contributed by atoms with E-state index in [9.17, 15) is 4.79 Å². The molecule has 2 heterocycles. The summed E-state index contributed by atoms with van der Waals surface area (Å²) in [6.07, 6.45) is 1.34. The molecular formula is C11H8N4O. The second-order valence-electron chi connectivity index (χ2n) is 3.48. The van der Waals surface area contributed by atoms with Crippen LogP contribution in [0.15, 0.2) is 35.4 Å². The van der Waals surface area contributed by atoms with E-state index in [1.54, 1.807) is 6.07 Å². The van der Waals surface area contributed by atoms with E-state index in [1.165, 1.54) is 6.33 Å². The lowest BCUT2D eigenvalue weighted by atomic mass is 10.1. The van der Waals surface area contributed by atoms with Crippen LogP contribution in [0.2, 0.25) is 0 Å². The molecule has 3 rings (SSSR count). The Balaban J connectivity index is 2.72. The number of nitrogens with two attached hydrogens (primary N) is 1. The van der Waals surface area contributed by atoms with Crippen LogP contribution in [0.3, 0.4) is 0 Å². The zero-order chi connectivity index (χ0) is 11.1. The van der Waals surface area contributed by atoms with Crippen LogP contribution in [0.1, 0.15) is 0 Å². The zero-order valence-electron chi connectivity index (χ0n) is 8.27. The van der Waals surface area contributed by atoms with Gasteiger partial charge in [-0.2, -0.15) is 0 Å². The third-order valence-electron chi connectivity index (χ3n) is 2.55. The lowest BCUT2D eigenvalue weighted by Gasteiger charge is -2.03. The second kappa shape index (κ2) is 3.03. The first-order valence-corrected chi connectivity index (χ1v) is 4.78. The molecule has 3 N–H and O–H groups in total. The van der Waals surface area contributed by atoms with Crippen LogP contribution in [0.4, 0.5) is 5.82 Å². The van der Waals surface area contributed by atoms with Gasteiger partial charge in [-0.1, -0.05) is 18.2 Å². The molecule has 0 unspecified atom stereocenters. The van der Waals surface area contributed by atoms with Gasteiger partial charge in [-0.05, 0) is 6.07 Å². The minimum absolute atomic E-state index is 0.166. The lowest BCUT2D eigenvalue weighted by Crippen LogP contribution is -2.08. The van der Waals surface area contributed by atoms with Crippen molar-refractivity contribution in [3.63, 3.8) is 0 Å². The number of anilines is 1. The van der Waals surface area contributed by atoms with Crippen LogP contribution < -0.4 is 11.3 Å². The molecule has 0 spiro atoms. The van der Waals surface area contributed by atoms with Gasteiger partial charge in [0.1, 0.15) is 17.8 Å². The highest BCUT2D eigenvalue weighted by Gasteiger charge is 2.08. The fourth-order valence-corrected chi connectivity index (χ4v) is 1.83. The minimum Gasteiger partial charge on any atom is -0.383 e. The Hall–Kier alpha value is -2.43. The topological polar surface area (TPSA) is 84.7 Å². The summed E-state index contributed by atoms with van der Waals surface area (Å²) in [6.45, 7) is 0. The first kappa shape index (κ1) is 8.84. The van der Waals surface area contributed by atoms with Crippen molar-refractivity contribution in [1.82, 2.24) is 15.0 Å². The maximum Gasteiger partial charge on any atom is 0.257 e. The number of rotatable bonds is 0. The number of fused-ring (bicyclic) bond motifs is 3. The van der Waals surface area contributed by atoms with E-state index in [2.05, 4.69) is 15.0 Å². The summed E-state index contributed by atoms with van der Waals surface area (Å²) in [5.74, 6) is 0.373. The summed E-state index contributed by atoms with van der Waals surface area (Å²) in [7, 11) is 0. The molecule has 78 valence electrons. The van der Waals surface area contributed by atoms with Crippen LogP contribution in [-0.4, -0.2) is 15.0 Å². The van der Waals surface area contributed by atoms with Crippen molar-refractivity contribution in [2.75, 3.05) is 5.73 Å². The standard InChI is InChI=1S/C11H8N4O/c12-9-8-6-3-1-2-4-7(6)11(16)15-10(8)14-5-13-9/h1-5H,(H3,12,13,14,15,16). The molecule has 0 bridgehead atoms. The average Bonchev–Trinajstić information content (AvgIpc) is 2.29. The molecule has 0 aliphatic rings. The molecule has 3 aromatic rings. The summed E-state index contributed by atoms with van der Waals surface area (Å²) in [4.78, 5) is 22.4. The largest absolute Gasteiger partial charge is 0.383 e. The Morgan fingerprint density at radius 2 is 1.88 bits per heavy atom. The highest BCUT2D eigenvalue weighted by molar-refractivity contribution is 6.08. The van der Waals surface area contributed by atoms with Crippen LogP contribution in [0, 0.1) is 0 Å². The first-order chi connectivity index (χ1) is 7.77. The number of H-pyrrole nitrogens is 1. The van der Waals surface area contributed by atoms with Gasteiger partial charge in [-0.25, -0.2) is 9.97 Å². The highest BCUT2D eigenvalue weighted by Crippen LogP contribution is 2.22. The lowest BCUT2D eigenvalue weighted by molar-refractivity contribution is 1.18. The number of nitrogens with zero attached hydrogens (tertiary/aromatic N) is 2. The Labute approximate surface area is 90.0 Å². The third-order valence-corrected chi connectivity index (χ3v) is 2.55. The maximum atomic E-state index is 11.7. The number of nitrogen functional groups attached to an aromatic ring is 1. The predicted octanol–water partition coefficient (Wildman–Crippen LogP) is 1.05. The highest BCUT2D eigenvalue weighted by atomic mass is 16.1. The molecule has 0 radical (unpaired) electrons. The predicted molar refractivity (Wildman–Crippen MR) is 62.1 cm³/mol. The fraction of sp³-hybridized carbons (Fsp3) is 0. The van der Waals surface area contributed by atoms with Gasteiger partial charge in [-0.3, -0.25) is 4.79 Å². The Morgan fingerprint density at radius 3 is 2.69 bits per heavy atom. The van der Waals surface area contributed by atoms with E-state index in [4.69, 9.17) is 5.73 Å². The van der Waals surface area contributed by atoms with Crippen molar-refractivity contribution >= 4 is 27.6 Å². The number of nitrogens with one attached hydrogen (secondary N) is 1. The first-order valence-electron chi connectivity index (χ1n) is 4.78. The Morgan fingerprint density at radius 1 is 1.12 bits per heavy atom. The van der Waals surface area contributed by atoms with Gasteiger partial charge in [0.05, 0.1) is 5.39 Å². The summed E-state index contributed by atoms with van der Waals surface area (Å²) >= 11 is 0. The molecule has 0 atom stereocenters. The summed E-state index contributed by atoms with van der Waals surface area (Å²) in [5.41, 5.74) is 6.10. The maximum absolute atomic E-state index is 11.7. The van der Waals surface area contributed by atoms with Gasteiger partial charge >= 0.3 is 0 Å². The number of hydrogen-bond acceptors (Lipinski definition) is 4. The molecule has 0 aliphatic carbocycles. The van der Waals surface area contributed by atoms with E-state index in [0.29, 0.717) is 22.2 Å². The Kier molecular flexibility index (Phi) is 1.67. The molecule has 0 fully saturated rings. The number of pyridine rings is 1. The summed E-state index contributed by atoms with van der Waals surface area (Å²) in [6, 6.07) is 7.25. The number of aromatic nitrogens is 3. The van der Waals surface area contributed by atoms with Crippen molar-refractivity contribution in [3.05, 3.63) is 40.9 Å². The van der Waals surface area contributed by atoms with Crippen molar-refractivity contribution < 1.29 is 0 Å². The van der Waals surface area contributed by atoms with Crippen LogP contribution in [0.25, 0.3) is 21.8 Å². The molecule has 0 saturated carbocycles. The van der Waals surface area contributed by atoms with Crippen molar-refractivity contribution in [3.8, 4) is 0 Å². The van der Waals surface area contributed by atoms with Crippen molar-refractivity contribution in [1.29, 1.82) is 0 Å². The van der Waals surface area contributed by atoms with Gasteiger partial charge in [0, 0.05) is 10.8 Å². The molecule has 0 saturated heterocycles. The summed E-state index contributed by atoms with van der Waals surface area (Å²) < 4.78 is 0. The molecule has 0 aliphatic heterocycles. The second-order valence-corrected chi connectivity index (χ2v) is 3.48. The molecule has 5 nitrogen and oxygen atoms in total. The minimum atomic E-state index is -0.166. The smallest absolute Gasteiger partial charge is 0.257 e. The molecule has 2 aromatic heterocycles. The number of aromatic amines is 1. The van der Waals surface area contributed by atoms with Crippen LogP contribution >= 0.6 is 0 Å². The van der Waals surface area contributed by atoms with E-state index in [-0.39, 0.29) is 5.56 Å². The van der Waals surface area contributed by atoms with Gasteiger partial charge in [0.2, 0.25) is 0 Å². The fourth-order valence-electron chi connectivity index (χ4n) is 1.83. The molecule has 1 aromatic carbocycles. The van der Waals surface area contributed by atoms with E-state index in [0.717, 1.165) is 5.39 Å². The van der Waals surface area contributed by atoms with E-state index in [1.807, 2.05) is 18.2 Å². The van der Waals surface area contributed by atoms with Gasteiger partial charge in [0.25, 0.3) is 5.56 Å². The van der Waals surface area contributed by atoms with Crippen molar-refractivity contribution in [2.45, 2.75) is 0 Å². The van der Waals surface area contributed by atoms with Crippen molar-refractivity contribution in [2.24, 2.45) is 0 Å². The van der Waals surface area contributed by atoms with Gasteiger partial charge < -0.3 is 10.7 Å². The van der Waals surface area contributed by atoms with E-state index < -0.39 is 0 Å². The summed E-state index contributed by atoms with van der Waals surface area (Å²) in [5, 5.41) is 2.06. The number of benzene rings is 1. The number of hydrogen-bond donors (Lipinski definition) is 2. The SMILES string of the molecule is Nc1ncnc2[nH]c(=O)c3ccccc3c12. The normalized spacial score (nSPS) is 11.0. The van der Waals surface area contributed by atoms with E-state index >= 15 is 0 Å². The molecular weight excluding hydrogens is 204 g/mol. The quantitative estimate of drug-likeness (QED) is 0.545. The molecule has 16 heavy (non-hydrogen) atoms. The van der Waals surface area contributed by atoms with Crippen LogP contribution in [-0.2, 0) is 0 Å². The molecule has 0 amide bonds. The van der Waals surface area contributed by atoms with Crippen LogP contribution in [0.5, 0.6) is 0 Å². The molecule has 5 heteroatoms. The average molecular weight is 212 g/mol. The Bertz CT molecular complexity index is 748.